The Labute approximate surface area is 144 Å². The van der Waals surface area contributed by atoms with Crippen molar-refractivity contribution in [3.05, 3.63) is 34.9 Å². The maximum atomic E-state index is 13.7. The third-order valence-electron chi connectivity index (χ3n) is 3.91. The topological polar surface area (TPSA) is 36.9 Å². The van der Waals surface area contributed by atoms with Gasteiger partial charge in [-0.25, -0.2) is 22.6 Å². The van der Waals surface area contributed by atoms with E-state index in [4.69, 9.17) is 4.74 Å². The fourth-order valence-electron chi connectivity index (χ4n) is 2.23. The molecule has 140 valence electrons. The van der Waals surface area contributed by atoms with E-state index in [0.29, 0.717) is 31.6 Å². The average molecular weight is 361 g/mol. The average Bonchev–Trinajstić information content (AvgIpc) is 3.40. The van der Waals surface area contributed by atoms with Crippen molar-refractivity contribution in [1.82, 2.24) is 10.2 Å². The molecular formula is C17H23F4N3O. The number of nitrogens with one attached hydrogen (secondary N) is 1. The lowest BCUT2D eigenvalue weighted by Crippen LogP contribution is -2.40. The zero-order valence-corrected chi connectivity index (χ0v) is 14.4. The summed E-state index contributed by atoms with van der Waals surface area (Å²) in [5, 5.41) is 2.97. The van der Waals surface area contributed by atoms with Crippen molar-refractivity contribution in [2.24, 2.45) is 10.9 Å². The van der Waals surface area contributed by atoms with Crippen LogP contribution in [0.3, 0.4) is 0 Å². The van der Waals surface area contributed by atoms with Crippen LogP contribution < -0.4 is 5.32 Å². The number of ether oxygens (including phenoxy) is 1. The lowest BCUT2D eigenvalue weighted by Gasteiger charge is -2.22. The molecule has 0 aliphatic heterocycles. The van der Waals surface area contributed by atoms with Crippen molar-refractivity contribution < 1.29 is 22.3 Å². The fraction of sp³-hybridized carbons (Fsp3) is 0.588. The molecule has 1 aromatic rings. The molecule has 1 N–H and O–H groups in total. The Bertz CT molecular complexity index is 594. The summed E-state index contributed by atoms with van der Waals surface area (Å²) in [5.74, 6) is -4.67. The molecule has 0 saturated heterocycles. The first kappa shape index (κ1) is 19.5. The predicted octanol–water partition coefficient (Wildman–Crippen LogP) is 3.07. The molecule has 1 fully saturated rings. The first-order chi connectivity index (χ1) is 11.9. The maximum absolute atomic E-state index is 13.7. The molecule has 8 heteroatoms. The van der Waals surface area contributed by atoms with Gasteiger partial charge in [0.15, 0.2) is 29.2 Å². The number of halogens is 4. The van der Waals surface area contributed by atoms with Gasteiger partial charge in [-0.15, -0.1) is 0 Å². The number of nitrogens with zero attached hydrogens (tertiary/aromatic N) is 2. The van der Waals surface area contributed by atoms with Crippen LogP contribution in [0.15, 0.2) is 11.1 Å². The Morgan fingerprint density at radius 1 is 1.24 bits per heavy atom. The van der Waals surface area contributed by atoms with E-state index in [0.717, 1.165) is 6.61 Å². The molecule has 1 saturated carbocycles. The van der Waals surface area contributed by atoms with Crippen LogP contribution in [0.1, 0.15) is 25.3 Å². The number of guanidine groups is 1. The molecule has 2 rings (SSSR count). The van der Waals surface area contributed by atoms with Gasteiger partial charge in [0.1, 0.15) is 0 Å². The van der Waals surface area contributed by atoms with Crippen LogP contribution in [0.2, 0.25) is 0 Å². The molecule has 1 aliphatic rings. The van der Waals surface area contributed by atoms with Crippen molar-refractivity contribution in [3.63, 3.8) is 0 Å². The third kappa shape index (κ3) is 5.59. The van der Waals surface area contributed by atoms with E-state index in [1.165, 1.54) is 12.8 Å². The molecule has 0 bridgehead atoms. The van der Waals surface area contributed by atoms with E-state index in [1.807, 2.05) is 6.92 Å². The summed E-state index contributed by atoms with van der Waals surface area (Å²) in [6, 6.07) is 0.187. The molecular weight excluding hydrogens is 338 g/mol. The smallest absolute Gasteiger partial charge is 0.194 e. The highest BCUT2D eigenvalue weighted by molar-refractivity contribution is 5.79. The Kier molecular flexibility index (Phi) is 7.04. The van der Waals surface area contributed by atoms with Gasteiger partial charge in [0.05, 0.1) is 18.7 Å². The second kappa shape index (κ2) is 9.03. The molecule has 25 heavy (non-hydrogen) atoms. The Balaban J connectivity index is 2.00. The fourth-order valence-corrected chi connectivity index (χ4v) is 2.23. The predicted molar refractivity (Wildman–Crippen MR) is 87.3 cm³/mol. The molecule has 0 amide bonds. The van der Waals surface area contributed by atoms with Gasteiger partial charge in [-0.2, -0.15) is 0 Å². The van der Waals surface area contributed by atoms with Gasteiger partial charge in [-0.3, -0.25) is 0 Å². The maximum Gasteiger partial charge on any atom is 0.194 e. The largest absolute Gasteiger partial charge is 0.379 e. The molecule has 4 nitrogen and oxygen atoms in total. The van der Waals surface area contributed by atoms with Crippen LogP contribution in [0, 0.1) is 29.2 Å². The van der Waals surface area contributed by atoms with E-state index in [9.17, 15) is 17.6 Å². The lowest BCUT2D eigenvalue weighted by atomic mass is 10.2. The summed E-state index contributed by atoms with van der Waals surface area (Å²) in [6.45, 7) is 3.63. The number of likely N-dealkylation sites (N-methyl/N-ethyl adjacent to an activating group) is 1. The van der Waals surface area contributed by atoms with Crippen LogP contribution in [-0.2, 0) is 11.3 Å². The van der Waals surface area contributed by atoms with Crippen molar-refractivity contribution in [2.45, 2.75) is 26.3 Å². The van der Waals surface area contributed by atoms with Gasteiger partial charge in [0.25, 0.3) is 0 Å². The van der Waals surface area contributed by atoms with Crippen molar-refractivity contribution >= 4 is 5.96 Å². The van der Waals surface area contributed by atoms with Crippen LogP contribution in [0.5, 0.6) is 0 Å². The van der Waals surface area contributed by atoms with E-state index < -0.39 is 35.4 Å². The summed E-state index contributed by atoms with van der Waals surface area (Å²) in [4.78, 5) is 5.81. The van der Waals surface area contributed by atoms with Gasteiger partial charge in [-0.1, -0.05) is 0 Å². The minimum Gasteiger partial charge on any atom is -0.379 e. The summed E-state index contributed by atoms with van der Waals surface area (Å²) in [5.41, 5.74) is -0.730. The summed E-state index contributed by atoms with van der Waals surface area (Å²) in [7, 11) is 1.75. The van der Waals surface area contributed by atoms with Gasteiger partial charge in [0, 0.05) is 32.8 Å². The quantitative estimate of drug-likeness (QED) is 0.254. The number of hydrogen-bond acceptors (Lipinski definition) is 2. The van der Waals surface area contributed by atoms with E-state index >= 15 is 0 Å². The van der Waals surface area contributed by atoms with Crippen LogP contribution >= 0.6 is 0 Å². The second-order valence-electron chi connectivity index (χ2n) is 6.06. The van der Waals surface area contributed by atoms with Crippen LogP contribution in [0.25, 0.3) is 0 Å². The van der Waals surface area contributed by atoms with Gasteiger partial charge >= 0.3 is 0 Å². The van der Waals surface area contributed by atoms with Crippen molar-refractivity contribution in [1.29, 1.82) is 0 Å². The molecule has 1 aliphatic carbocycles. The van der Waals surface area contributed by atoms with E-state index in [1.54, 1.807) is 11.9 Å². The first-order valence-electron chi connectivity index (χ1n) is 8.33. The van der Waals surface area contributed by atoms with Crippen LogP contribution in [-0.4, -0.2) is 44.2 Å². The zero-order chi connectivity index (χ0) is 18.4. The molecule has 0 atom stereocenters. The number of benzene rings is 1. The minimum absolute atomic E-state index is 0.187. The Morgan fingerprint density at radius 3 is 2.44 bits per heavy atom. The lowest BCUT2D eigenvalue weighted by molar-refractivity contribution is 0.115. The Morgan fingerprint density at radius 2 is 1.88 bits per heavy atom. The number of hydrogen-bond donors (Lipinski definition) is 1. The second-order valence-corrected chi connectivity index (χ2v) is 6.06. The van der Waals surface area contributed by atoms with Gasteiger partial charge in [0.2, 0.25) is 0 Å². The highest BCUT2D eigenvalue weighted by Crippen LogP contribution is 2.28. The number of rotatable bonds is 8. The van der Waals surface area contributed by atoms with Crippen molar-refractivity contribution in [3.8, 4) is 0 Å². The van der Waals surface area contributed by atoms with Gasteiger partial charge < -0.3 is 15.0 Å². The van der Waals surface area contributed by atoms with Crippen molar-refractivity contribution in [2.75, 3.05) is 33.4 Å². The normalized spacial score (nSPS) is 14.7. The van der Waals surface area contributed by atoms with E-state index in [-0.39, 0.29) is 6.07 Å². The molecule has 0 heterocycles. The van der Waals surface area contributed by atoms with E-state index in [2.05, 4.69) is 10.3 Å². The molecule has 0 aromatic heterocycles. The first-order valence-corrected chi connectivity index (χ1v) is 8.33. The SMILES string of the molecule is CCNC(=NCc1c(F)c(F)cc(F)c1F)N(C)CCOCC1CC1. The highest BCUT2D eigenvalue weighted by atomic mass is 19.2. The third-order valence-corrected chi connectivity index (χ3v) is 3.91. The highest BCUT2D eigenvalue weighted by Gasteiger charge is 2.21. The standard InChI is InChI=1S/C17H23F4N3O/c1-3-22-17(24(2)6-7-25-10-11-4-5-11)23-9-12-15(20)13(18)8-14(19)16(12)21/h8,11H,3-7,9-10H2,1-2H3,(H,22,23). The minimum atomic E-state index is -1.43. The zero-order valence-electron chi connectivity index (χ0n) is 14.4. The molecule has 0 spiro atoms. The molecule has 0 unspecified atom stereocenters. The number of aliphatic imine (C=N–C) groups is 1. The van der Waals surface area contributed by atoms with Gasteiger partial charge in [-0.05, 0) is 25.7 Å². The Hall–Kier alpha value is -1.83. The summed E-state index contributed by atoms with van der Waals surface area (Å²) >= 11 is 0. The molecule has 1 aromatic carbocycles. The monoisotopic (exact) mass is 361 g/mol. The van der Waals surface area contributed by atoms with Crippen LogP contribution in [0.4, 0.5) is 17.6 Å². The summed E-state index contributed by atoms with van der Waals surface area (Å²) in [6.07, 6.45) is 2.42. The summed E-state index contributed by atoms with van der Waals surface area (Å²) < 4.78 is 59.5. The molecule has 0 radical (unpaired) electrons.